The summed E-state index contributed by atoms with van der Waals surface area (Å²) in [5.41, 5.74) is 0. The molecule has 0 amide bonds. The van der Waals surface area contributed by atoms with E-state index in [1.54, 1.807) is 0 Å². The smallest absolute Gasteiger partial charge is 0.0585 e. The first-order valence-corrected chi connectivity index (χ1v) is 6.99. The molecule has 0 saturated carbocycles. The van der Waals surface area contributed by atoms with Gasteiger partial charge in [-0.25, -0.2) is 0 Å². The van der Waals surface area contributed by atoms with Crippen LogP contribution in [0.2, 0.25) is 0 Å². The van der Waals surface area contributed by atoms with E-state index in [-0.39, 0.29) is 12.6 Å². The Morgan fingerprint density at radius 1 is 1.36 bits per heavy atom. The van der Waals surface area contributed by atoms with E-state index in [1.165, 1.54) is 19.3 Å². The van der Waals surface area contributed by atoms with Crippen LogP contribution in [-0.2, 0) is 0 Å². The fraction of sp³-hybridized carbons (Fsp3) is 1.00. The quantitative estimate of drug-likeness (QED) is 0.624. The van der Waals surface area contributed by atoms with Gasteiger partial charge >= 0.3 is 0 Å². The number of hydrogen-bond acceptors (Lipinski definition) is 3. The van der Waals surface area contributed by atoms with Crippen LogP contribution in [-0.4, -0.2) is 35.8 Å². The lowest BCUT2D eigenvalue weighted by Crippen LogP contribution is -2.39. The van der Waals surface area contributed by atoms with E-state index < -0.39 is 0 Å². The second kappa shape index (κ2) is 9.81. The van der Waals surface area contributed by atoms with Crippen molar-refractivity contribution in [1.29, 1.82) is 0 Å². The molecular weight excluding hydrogens is 194 g/mol. The third-order valence-corrected chi connectivity index (χ3v) is 3.05. The molecule has 0 aliphatic carbocycles. The second-order valence-corrected chi connectivity index (χ2v) is 4.86. The van der Waals surface area contributed by atoms with Crippen molar-refractivity contribution in [2.75, 3.05) is 18.6 Å². The molecule has 0 fully saturated rings. The zero-order valence-electron chi connectivity index (χ0n) is 9.75. The first-order valence-electron chi connectivity index (χ1n) is 5.60. The van der Waals surface area contributed by atoms with Gasteiger partial charge in [0.1, 0.15) is 0 Å². The molecule has 2 unspecified atom stereocenters. The Morgan fingerprint density at radius 3 is 2.57 bits per heavy atom. The summed E-state index contributed by atoms with van der Waals surface area (Å²) in [5, 5.41) is 12.6. The molecule has 0 aliphatic rings. The van der Waals surface area contributed by atoms with Crippen LogP contribution in [0.3, 0.4) is 0 Å². The standard InChI is InChI=1S/C11H25NOS/c1-4-5-6-10(2)12-11(9-13)7-8-14-3/h10-13H,4-9H2,1-3H3. The van der Waals surface area contributed by atoms with E-state index in [0.717, 1.165) is 12.2 Å². The lowest BCUT2D eigenvalue weighted by Gasteiger charge is -2.21. The van der Waals surface area contributed by atoms with E-state index in [1.807, 2.05) is 11.8 Å². The Hall–Kier alpha value is 0.270. The Bertz CT molecular complexity index is 122. The summed E-state index contributed by atoms with van der Waals surface area (Å²) in [6.07, 6.45) is 6.91. The van der Waals surface area contributed by atoms with Crippen LogP contribution in [0.25, 0.3) is 0 Å². The Morgan fingerprint density at radius 2 is 2.07 bits per heavy atom. The van der Waals surface area contributed by atoms with Crippen LogP contribution in [0.1, 0.15) is 39.5 Å². The van der Waals surface area contributed by atoms with Crippen molar-refractivity contribution in [3.8, 4) is 0 Å². The fourth-order valence-corrected chi connectivity index (χ4v) is 2.00. The highest BCUT2D eigenvalue weighted by atomic mass is 32.2. The molecule has 0 spiro atoms. The van der Waals surface area contributed by atoms with Gasteiger partial charge in [-0.1, -0.05) is 19.8 Å². The SMILES string of the molecule is CCCCC(C)NC(CO)CCSC. The summed E-state index contributed by atoms with van der Waals surface area (Å²) in [6, 6.07) is 0.822. The molecule has 2 N–H and O–H groups in total. The van der Waals surface area contributed by atoms with Crippen LogP contribution in [0.15, 0.2) is 0 Å². The van der Waals surface area contributed by atoms with Gasteiger partial charge in [0.05, 0.1) is 6.61 Å². The van der Waals surface area contributed by atoms with Gasteiger partial charge in [-0.05, 0) is 31.8 Å². The summed E-state index contributed by atoms with van der Waals surface area (Å²) in [5.74, 6) is 1.12. The van der Waals surface area contributed by atoms with Gasteiger partial charge < -0.3 is 10.4 Å². The van der Waals surface area contributed by atoms with Crippen molar-refractivity contribution in [1.82, 2.24) is 5.32 Å². The van der Waals surface area contributed by atoms with Crippen molar-refractivity contribution < 1.29 is 5.11 Å². The van der Waals surface area contributed by atoms with Crippen molar-refractivity contribution in [3.05, 3.63) is 0 Å². The van der Waals surface area contributed by atoms with E-state index in [2.05, 4.69) is 25.4 Å². The first kappa shape index (κ1) is 14.3. The third-order valence-electron chi connectivity index (χ3n) is 2.40. The highest BCUT2D eigenvalue weighted by molar-refractivity contribution is 7.98. The minimum Gasteiger partial charge on any atom is -0.395 e. The predicted octanol–water partition coefficient (Wildman–Crippen LogP) is 2.27. The fourth-order valence-electron chi connectivity index (χ4n) is 1.48. The van der Waals surface area contributed by atoms with Crippen LogP contribution in [0.5, 0.6) is 0 Å². The number of unbranched alkanes of at least 4 members (excludes halogenated alkanes) is 1. The zero-order chi connectivity index (χ0) is 10.8. The van der Waals surface area contributed by atoms with Crippen LogP contribution in [0, 0.1) is 0 Å². The molecule has 3 heteroatoms. The van der Waals surface area contributed by atoms with E-state index in [0.29, 0.717) is 6.04 Å². The summed E-state index contributed by atoms with van der Waals surface area (Å²) in [7, 11) is 0. The zero-order valence-corrected chi connectivity index (χ0v) is 10.6. The third kappa shape index (κ3) is 7.65. The van der Waals surface area contributed by atoms with E-state index in [4.69, 9.17) is 5.11 Å². The number of aliphatic hydroxyl groups excluding tert-OH is 1. The van der Waals surface area contributed by atoms with Gasteiger partial charge in [0.25, 0.3) is 0 Å². The summed E-state index contributed by atoms with van der Waals surface area (Å²) < 4.78 is 0. The first-order chi connectivity index (χ1) is 6.74. The number of aliphatic hydroxyl groups is 1. The molecule has 0 rings (SSSR count). The lowest BCUT2D eigenvalue weighted by atomic mass is 10.1. The lowest BCUT2D eigenvalue weighted by molar-refractivity contribution is 0.228. The minimum atomic E-state index is 0.261. The molecule has 0 aliphatic heterocycles. The van der Waals surface area contributed by atoms with Gasteiger partial charge in [0.15, 0.2) is 0 Å². The Labute approximate surface area is 92.9 Å². The molecule has 2 atom stereocenters. The van der Waals surface area contributed by atoms with Crippen LogP contribution < -0.4 is 5.32 Å². The molecule has 0 aromatic rings. The molecule has 2 nitrogen and oxygen atoms in total. The molecule has 0 bridgehead atoms. The van der Waals surface area contributed by atoms with Gasteiger partial charge in [-0.15, -0.1) is 0 Å². The van der Waals surface area contributed by atoms with E-state index >= 15 is 0 Å². The molecule has 0 radical (unpaired) electrons. The number of thioether (sulfide) groups is 1. The molecule has 0 saturated heterocycles. The van der Waals surface area contributed by atoms with Crippen molar-refractivity contribution in [2.45, 2.75) is 51.6 Å². The Balaban J connectivity index is 3.57. The second-order valence-electron chi connectivity index (χ2n) is 3.87. The summed E-state index contributed by atoms with van der Waals surface area (Å²) in [4.78, 5) is 0. The average molecular weight is 219 g/mol. The maximum absolute atomic E-state index is 9.16. The van der Waals surface area contributed by atoms with E-state index in [9.17, 15) is 0 Å². The van der Waals surface area contributed by atoms with Crippen molar-refractivity contribution in [2.24, 2.45) is 0 Å². The molecular formula is C11H25NOS. The maximum Gasteiger partial charge on any atom is 0.0585 e. The van der Waals surface area contributed by atoms with Gasteiger partial charge in [0, 0.05) is 12.1 Å². The van der Waals surface area contributed by atoms with Crippen LogP contribution >= 0.6 is 11.8 Å². The largest absolute Gasteiger partial charge is 0.395 e. The normalized spacial score (nSPS) is 15.4. The molecule has 0 aromatic heterocycles. The highest BCUT2D eigenvalue weighted by Gasteiger charge is 2.09. The molecule has 0 aromatic carbocycles. The summed E-state index contributed by atoms with van der Waals surface area (Å²) >= 11 is 1.84. The maximum atomic E-state index is 9.16. The average Bonchev–Trinajstić information content (AvgIpc) is 2.21. The molecule has 86 valence electrons. The van der Waals surface area contributed by atoms with Gasteiger partial charge in [0.2, 0.25) is 0 Å². The minimum absolute atomic E-state index is 0.261. The Kier molecular flexibility index (Phi) is 10.0. The van der Waals surface area contributed by atoms with Crippen molar-refractivity contribution in [3.63, 3.8) is 0 Å². The highest BCUT2D eigenvalue weighted by Crippen LogP contribution is 2.04. The topological polar surface area (TPSA) is 32.3 Å². The number of rotatable bonds is 9. The van der Waals surface area contributed by atoms with Crippen LogP contribution in [0.4, 0.5) is 0 Å². The number of hydrogen-bond donors (Lipinski definition) is 2. The summed E-state index contributed by atoms with van der Waals surface area (Å²) in [6.45, 7) is 4.68. The van der Waals surface area contributed by atoms with Gasteiger partial charge in [-0.2, -0.15) is 11.8 Å². The predicted molar refractivity (Wildman–Crippen MR) is 66.0 cm³/mol. The number of nitrogens with one attached hydrogen (secondary N) is 1. The molecule has 14 heavy (non-hydrogen) atoms. The van der Waals surface area contributed by atoms with Crippen molar-refractivity contribution >= 4 is 11.8 Å². The monoisotopic (exact) mass is 219 g/mol. The molecule has 0 heterocycles. The van der Waals surface area contributed by atoms with Gasteiger partial charge in [-0.3, -0.25) is 0 Å².